The summed E-state index contributed by atoms with van der Waals surface area (Å²) in [5, 5.41) is 0. The number of esters is 1. The molecule has 0 N–H and O–H groups in total. The Balaban J connectivity index is 1.63. The maximum Gasteiger partial charge on any atom is 0.494 e. The highest BCUT2D eigenvalue weighted by molar-refractivity contribution is 6.62. The minimum atomic E-state index is -0.441. The second kappa shape index (κ2) is 9.50. The molecule has 0 amide bonds. The monoisotopic (exact) mass is 406 g/mol. The third-order valence-electron chi connectivity index (χ3n) is 4.99. The maximum absolute atomic E-state index is 11.6. The molecular formula is C22H35BO6. The van der Waals surface area contributed by atoms with Crippen LogP contribution in [0.3, 0.4) is 0 Å². The zero-order valence-electron chi connectivity index (χ0n) is 18.9. The lowest BCUT2D eigenvalue weighted by Gasteiger charge is -2.32. The molecule has 1 heterocycles. The standard InChI is InChI=1S/C22H35BO6/c1-20(2,3)27-19(24)9-8-14-25-15-16-26-18-12-10-17(11-13-18)23-28-21(4,5)22(6,7)29-23/h10-13H,8-9,14-16H2,1-7H3. The highest BCUT2D eigenvalue weighted by Gasteiger charge is 2.51. The average Bonchev–Trinajstić information content (AvgIpc) is 2.80. The molecule has 162 valence electrons. The van der Waals surface area contributed by atoms with Crippen molar-refractivity contribution in [3.05, 3.63) is 24.3 Å². The summed E-state index contributed by atoms with van der Waals surface area (Å²) in [6.45, 7) is 15.2. The van der Waals surface area contributed by atoms with E-state index < -0.39 is 5.60 Å². The first-order chi connectivity index (χ1) is 13.4. The van der Waals surface area contributed by atoms with E-state index in [1.807, 2.05) is 72.7 Å². The van der Waals surface area contributed by atoms with Crippen molar-refractivity contribution in [2.24, 2.45) is 0 Å². The summed E-state index contributed by atoms with van der Waals surface area (Å²) in [4.78, 5) is 11.6. The van der Waals surface area contributed by atoms with Gasteiger partial charge in [0.25, 0.3) is 0 Å². The van der Waals surface area contributed by atoms with Crippen LogP contribution in [0.5, 0.6) is 5.75 Å². The molecule has 0 aliphatic carbocycles. The predicted molar refractivity (Wildman–Crippen MR) is 114 cm³/mol. The molecule has 2 rings (SSSR count). The van der Waals surface area contributed by atoms with Crippen molar-refractivity contribution in [2.45, 2.75) is 78.1 Å². The van der Waals surface area contributed by atoms with Crippen molar-refractivity contribution in [3.63, 3.8) is 0 Å². The van der Waals surface area contributed by atoms with Gasteiger partial charge in [-0.2, -0.15) is 0 Å². The van der Waals surface area contributed by atoms with Crippen LogP contribution in [0.2, 0.25) is 0 Å². The summed E-state index contributed by atoms with van der Waals surface area (Å²) in [6, 6.07) is 7.73. The molecule has 1 aliphatic heterocycles. The number of rotatable bonds is 9. The van der Waals surface area contributed by atoms with Crippen LogP contribution in [0, 0.1) is 0 Å². The van der Waals surface area contributed by atoms with Crippen molar-refractivity contribution >= 4 is 18.6 Å². The molecule has 0 unspecified atom stereocenters. The van der Waals surface area contributed by atoms with Gasteiger partial charge in [-0.15, -0.1) is 0 Å². The fourth-order valence-corrected chi connectivity index (χ4v) is 2.73. The van der Waals surface area contributed by atoms with Gasteiger partial charge >= 0.3 is 13.1 Å². The number of carbonyl (C=O) groups is 1. The number of hydrogen-bond donors (Lipinski definition) is 0. The van der Waals surface area contributed by atoms with E-state index in [4.69, 9.17) is 23.5 Å². The molecule has 0 bridgehead atoms. The fourth-order valence-electron chi connectivity index (χ4n) is 2.73. The quantitative estimate of drug-likeness (QED) is 0.355. The molecule has 7 heteroatoms. The first-order valence-electron chi connectivity index (χ1n) is 10.3. The topological polar surface area (TPSA) is 63.2 Å². The van der Waals surface area contributed by atoms with Crippen LogP contribution >= 0.6 is 0 Å². The van der Waals surface area contributed by atoms with Gasteiger partial charge in [0.05, 0.1) is 17.8 Å². The van der Waals surface area contributed by atoms with Crippen molar-refractivity contribution in [1.82, 2.24) is 0 Å². The molecule has 1 aliphatic rings. The highest BCUT2D eigenvalue weighted by Crippen LogP contribution is 2.36. The predicted octanol–water partition coefficient (Wildman–Crippen LogP) is 3.50. The Morgan fingerprint density at radius 1 is 0.966 bits per heavy atom. The van der Waals surface area contributed by atoms with Gasteiger partial charge in [0.15, 0.2) is 0 Å². The minimum Gasteiger partial charge on any atom is -0.491 e. The highest BCUT2D eigenvalue weighted by atomic mass is 16.7. The molecule has 1 saturated heterocycles. The molecule has 0 atom stereocenters. The van der Waals surface area contributed by atoms with Gasteiger partial charge in [0, 0.05) is 13.0 Å². The summed E-state index contributed by atoms with van der Waals surface area (Å²) in [7, 11) is -0.373. The fraction of sp³-hybridized carbons (Fsp3) is 0.682. The number of carbonyl (C=O) groups excluding carboxylic acids is 1. The van der Waals surface area contributed by atoms with Gasteiger partial charge in [0.2, 0.25) is 0 Å². The van der Waals surface area contributed by atoms with Gasteiger partial charge in [-0.1, -0.05) is 12.1 Å². The lowest BCUT2D eigenvalue weighted by atomic mass is 9.79. The minimum absolute atomic E-state index is 0.195. The maximum atomic E-state index is 11.6. The Bertz CT molecular complexity index is 647. The summed E-state index contributed by atoms with van der Waals surface area (Å²) >= 11 is 0. The van der Waals surface area contributed by atoms with Crippen LogP contribution in [-0.4, -0.2) is 49.7 Å². The van der Waals surface area contributed by atoms with Gasteiger partial charge in [-0.3, -0.25) is 4.79 Å². The van der Waals surface area contributed by atoms with Crippen LogP contribution in [0.1, 0.15) is 61.3 Å². The molecule has 1 aromatic rings. The Morgan fingerprint density at radius 2 is 1.55 bits per heavy atom. The van der Waals surface area contributed by atoms with Crippen LogP contribution in [-0.2, 0) is 23.6 Å². The Labute approximate surface area is 175 Å². The van der Waals surface area contributed by atoms with E-state index in [2.05, 4.69) is 0 Å². The van der Waals surface area contributed by atoms with Gasteiger partial charge in [0.1, 0.15) is 18.0 Å². The Kier molecular flexibility index (Phi) is 7.77. The molecule has 1 aromatic carbocycles. The Morgan fingerprint density at radius 3 is 2.10 bits per heavy atom. The Hall–Kier alpha value is -1.57. The molecule has 0 radical (unpaired) electrons. The third kappa shape index (κ3) is 7.32. The van der Waals surface area contributed by atoms with Crippen LogP contribution in [0.4, 0.5) is 0 Å². The van der Waals surface area contributed by atoms with Crippen molar-refractivity contribution < 1.29 is 28.3 Å². The van der Waals surface area contributed by atoms with E-state index in [1.54, 1.807) is 0 Å². The molecule has 1 fully saturated rings. The number of benzene rings is 1. The van der Waals surface area contributed by atoms with E-state index in [9.17, 15) is 4.79 Å². The largest absolute Gasteiger partial charge is 0.494 e. The van der Waals surface area contributed by atoms with Crippen molar-refractivity contribution in [2.75, 3.05) is 19.8 Å². The van der Waals surface area contributed by atoms with Crippen molar-refractivity contribution in [1.29, 1.82) is 0 Å². The summed E-state index contributed by atoms with van der Waals surface area (Å²) in [6.07, 6.45) is 0.996. The van der Waals surface area contributed by atoms with E-state index in [-0.39, 0.29) is 24.3 Å². The number of ether oxygens (including phenoxy) is 3. The van der Waals surface area contributed by atoms with Crippen LogP contribution in [0.25, 0.3) is 0 Å². The smallest absolute Gasteiger partial charge is 0.491 e. The van der Waals surface area contributed by atoms with E-state index >= 15 is 0 Å². The molecular weight excluding hydrogens is 371 g/mol. The first-order valence-corrected chi connectivity index (χ1v) is 10.3. The third-order valence-corrected chi connectivity index (χ3v) is 4.99. The molecule has 0 aromatic heterocycles. The SMILES string of the molecule is CC(C)(C)OC(=O)CCCOCCOc1ccc(B2OC(C)(C)C(C)(C)O2)cc1. The number of hydrogen-bond acceptors (Lipinski definition) is 6. The lowest BCUT2D eigenvalue weighted by molar-refractivity contribution is -0.155. The zero-order valence-corrected chi connectivity index (χ0v) is 18.9. The second-order valence-electron chi connectivity index (χ2n) is 9.31. The molecule has 29 heavy (non-hydrogen) atoms. The zero-order chi connectivity index (χ0) is 21.7. The van der Waals surface area contributed by atoms with E-state index in [1.165, 1.54) is 0 Å². The normalized spacial score (nSPS) is 18.0. The summed E-state index contributed by atoms with van der Waals surface area (Å²) in [5.74, 6) is 0.571. The van der Waals surface area contributed by atoms with Crippen molar-refractivity contribution in [3.8, 4) is 5.75 Å². The lowest BCUT2D eigenvalue weighted by Crippen LogP contribution is -2.41. The first kappa shape index (κ1) is 23.7. The van der Waals surface area contributed by atoms with E-state index in [0.29, 0.717) is 32.7 Å². The average molecular weight is 406 g/mol. The molecule has 6 nitrogen and oxygen atoms in total. The van der Waals surface area contributed by atoms with Gasteiger partial charge < -0.3 is 23.5 Å². The second-order valence-corrected chi connectivity index (χ2v) is 9.31. The summed E-state index contributed by atoms with van der Waals surface area (Å²) < 4.78 is 28.6. The van der Waals surface area contributed by atoms with Crippen LogP contribution < -0.4 is 10.2 Å². The summed E-state index contributed by atoms with van der Waals surface area (Å²) in [5.41, 5.74) is -0.181. The molecule has 0 spiro atoms. The van der Waals surface area contributed by atoms with Gasteiger partial charge in [-0.05, 0) is 72.5 Å². The molecule has 0 saturated carbocycles. The van der Waals surface area contributed by atoms with E-state index in [0.717, 1.165) is 11.2 Å². The van der Waals surface area contributed by atoms with Crippen LogP contribution in [0.15, 0.2) is 24.3 Å². The van der Waals surface area contributed by atoms with Gasteiger partial charge in [-0.25, -0.2) is 0 Å².